The Morgan fingerprint density at radius 1 is 0.844 bits per heavy atom. The fourth-order valence-electron chi connectivity index (χ4n) is 5.23. The summed E-state index contributed by atoms with van der Waals surface area (Å²) in [4.78, 5) is 31.1. The summed E-state index contributed by atoms with van der Waals surface area (Å²) in [7, 11) is 0. The number of piperazine rings is 1. The van der Waals surface area contributed by atoms with Crippen LogP contribution in [0, 0.1) is 12.7 Å². The molecule has 1 aliphatic rings. The molecule has 8 nitrogen and oxygen atoms in total. The number of rotatable bonds is 9. The predicted molar refractivity (Wildman–Crippen MR) is 178 cm³/mol. The van der Waals surface area contributed by atoms with Crippen molar-refractivity contribution in [3.63, 3.8) is 0 Å². The fraction of sp³-hybridized carbons (Fsp3) is 0.222. The van der Waals surface area contributed by atoms with Gasteiger partial charge in [0.15, 0.2) is 0 Å². The molecule has 230 valence electrons. The molecular formula is C36H38FN7O. The number of pyridine rings is 1. The monoisotopic (exact) mass is 603 g/mol. The number of carbonyl (C=O) groups excluding carboxylic acids is 1. The van der Waals surface area contributed by atoms with Crippen molar-refractivity contribution in [2.75, 3.05) is 36.8 Å². The van der Waals surface area contributed by atoms with Gasteiger partial charge in [-0.1, -0.05) is 37.8 Å². The zero-order valence-electron chi connectivity index (χ0n) is 24.6. The number of hydrogen-bond donors (Lipinski definition) is 2. The average molecular weight is 604 g/mol. The molecular weight excluding hydrogens is 565 g/mol. The van der Waals surface area contributed by atoms with Gasteiger partial charge in [0.05, 0.1) is 5.69 Å². The van der Waals surface area contributed by atoms with E-state index >= 15 is 0 Å². The normalized spacial score (nSPS) is 13.6. The van der Waals surface area contributed by atoms with Crippen LogP contribution >= 0.6 is 0 Å². The Hall–Kier alpha value is -4.99. The van der Waals surface area contributed by atoms with Crippen LogP contribution in [0.4, 0.5) is 21.7 Å². The molecule has 45 heavy (non-hydrogen) atoms. The van der Waals surface area contributed by atoms with E-state index in [0.29, 0.717) is 17.2 Å². The second kappa shape index (κ2) is 14.7. The molecule has 0 aliphatic carbocycles. The maximum atomic E-state index is 13.2. The number of aryl methyl sites for hydroxylation is 1. The molecule has 5 aromatic rings. The summed E-state index contributed by atoms with van der Waals surface area (Å²) in [6.07, 6.45) is 5.20. The van der Waals surface area contributed by atoms with Gasteiger partial charge in [-0.2, -0.15) is 0 Å². The Balaban J connectivity index is 0.00000400. The minimum Gasteiger partial charge on any atom is -0.324 e. The number of aromatic nitrogens is 3. The molecule has 9 heteroatoms. The van der Waals surface area contributed by atoms with Gasteiger partial charge in [0, 0.05) is 80.4 Å². The van der Waals surface area contributed by atoms with E-state index in [0.717, 1.165) is 67.3 Å². The summed E-state index contributed by atoms with van der Waals surface area (Å²) < 4.78 is 13.2. The molecule has 1 amide bonds. The van der Waals surface area contributed by atoms with E-state index < -0.39 is 0 Å². The van der Waals surface area contributed by atoms with Crippen molar-refractivity contribution in [1.29, 1.82) is 0 Å². The van der Waals surface area contributed by atoms with E-state index in [-0.39, 0.29) is 19.2 Å². The molecule has 0 unspecified atom stereocenters. The van der Waals surface area contributed by atoms with Crippen molar-refractivity contribution in [3.05, 3.63) is 132 Å². The fourth-order valence-corrected chi connectivity index (χ4v) is 5.23. The Morgan fingerprint density at radius 2 is 1.51 bits per heavy atom. The molecule has 3 heterocycles. The largest absolute Gasteiger partial charge is 0.324 e. The second-order valence-corrected chi connectivity index (χ2v) is 11.0. The summed E-state index contributed by atoms with van der Waals surface area (Å²) in [5.74, 6) is 0.0906. The van der Waals surface area contributed by atoms with Crippen LogP contribution in [-0.4, -0.2) is 56.8 Å². The summed E-state index contributed by atoms with van der Waals surface area (Å²) in [5.41, 5.74) is 7.05. The van der Waals surface area contributed by atoms with Gasteiger partial charge in [0.2, 0.25) is 5.95 Å². The van der Waals surface area contributed by atoms with Crippen LogP contribution < -0.4 is 10.6 Å². The number of anilines is 3. The van der Waals surface area contributed by atoms with Gasteiger partial charge in [-0.15, -0.1) is 0 Å². The lowest BCUT2D eigenvalue weighted by Gasteiger charge is -2.34. The van der Waals surface area contributed by atoms with Crippen molar-refractivity contribution in [2.24, 2.45) is 0 Å². The number of halogens is 1. The molecule has 0 radical (unpaired) electrons. The minimum atomic E-state index is -0.200. The van der Waals surface area contributed by atoms with Gasteiger partial charge in [-0.05, 0) is 78.2 Å². The van der Waals surface area contributed by atoms with Gasteiger partial charge in [0.1, 0.15) is 5.82 Å². The van der Waals surface area contributed by atoms with Gasteiger partial charge in [-0.3, -0.25) is 19.6 Å². The molecule has 1 saturated heterocycles. The van der Waals surface area contributed by atoms with Crippen LogP contribution in [0.25, 0.3) is 11.3 Å². The van der Waals surface area contributed by atoms with Crippen molar-refractivity contribution in [2.45, 2.75) is 27.4 Å². The zero-order valence-corrected chi connectivity index (χ0v) is 24.6. The maximum absolute atomic E-state index is 13.2. The molecule has 2 N–H and O–H groups in total. The topological polar surface area (TPSA) is 86.3 Å². The molecule has 0 saturated carbocycles. The van der Waals surface area contributed by atoms with Gasteiger partial charge >= 0.3 is 0 Å². The minimum absolute atomic E-state index is 0. The lowest BCUT2D eigenvalue weighted by atomic mass is 10.1. The van der Waals surface area contributed by atoms with Crippen LogP contribution in [0.3, 0.4) is 0 Å². The quantitative estimate of drug-likeness (QED) is 0.189. The summed E-state index contributed by atoms with van der Waals surface area (Å²) in [6, 6.07) is 25.9. The molecule has 0 bridgehead atoms. The van der Waals surface area contributed by atoms with E-state index in [1.165, 1.54) is 17.7 Å². The van der Waals surface area contributed by atoms with E-state index in [9.17, 15) is 9.18 Å². The molecule has 1 aliphatic heterocycles. The van der Waals surface area contributed by atoms with Crippen molar-refractivity contribution < 1.29 is 9.18 Å². The first kappa shape index (κ1) is 31.4. The highest BCUT2D eigenvalue weighted by Crippen LogP contribution is 2.25. The summed E-state index contributed by atoms with van der Waals surface area (Å²) >= 11 is 0. The third kappa shape index (κ3) is 8.35. The Bertz CT molecular complexity index is 1700. The van der Waals surface area contributed by atoms with E-state index in [1.54, 1.807) is 18.6 Å². The maximum Gasteiger partial charge on any atom is 0.255 e. The lowest BCUT2D eigenvalue weighted by Crippen LogP contribution is -2.45. The Labute approximate surface area is 264 Å². The molecule has 0 atom stereocenters. The highest BCUT2D eigenvalue weighted by molar-refractivity contribution is 6.04. The third-order valence-electron chi connectivity index (χ3n) is 7.76. The van der Waals surface area contributed by atoms with Crippen LogP contribution in [0.15, 0.2) is 104 Å². The van der Waals surface area contributed by atoms with Crippen molar-refractivity contribution >= 4 is 23.2 Å². The highest BCUT2D eigenvalue weighted by Gasteiger charge is 2.17. The smallest absolute Gasteiger partial charge is 0.255 e. The van der Waals surface area contributed by atoms with Gasteiger partial charge < -0.3 is 10.6 Å². The van der Waals surface area contributed by atoms with Crippen LogP contribution in [0.5, 0.6) is 0 Å². The molecule has 0 spiro atoms. The number of nitrogens with one attached hydrogen (secondary N) is 2. The number of carbonyl (C=O) groups is 1. The third-order valence-corrected chi connectivity index (χ3v) is 7.76. The summed E-state index contributed by atoms with van der Waals surface area (Å²) in [5, 5.41) is 6.30. The van der Waals surface area contributed by atoms with E-state index in [4.69, 9.17) is 0 Å². The SMILES string of the molecule is C.Cc1ccc(NC(=O)c2ccc(CN3CCN(Cc4ccc(F)cc4)CC3)cc2)cc1Nc1nccc(-c2cccnc2)n1. The number of hydrogen-bond acceptors (Lipinski definition) is 7. The van der Waals surface area contributed by atoms with Crippen molar-refractivity contribution in [3.8, 4) is 11.3 Å². The average Bonchev–Trinajstić information content (AvgIpc) is 3.05. The first-order valence-corrected chi connectivity index (χ1v) is 14.7. The van der Waals surface area contributed by atoms with E-state index in [2.05, 4.69) is 35.4 Å². The van der Waals surface area contributed by atoms with Gasteiger partial charge in [-0.25, -0.2) is 14.4 Å². The Kier molecular flexibility index (Phi) is 10.2. The van der Waals surface area contributed by atoms with Gasteiger partial charge in [0.25, 0.3) is 5.91 Å². The zero-order chi connectivity index (χ0) is 30.3. The first-order chi connectivity index (χ1) is 21.5. The number of benzene rings is 3. The molecule has 6 rings (SSSR count). The van der Waals surface area contributed by atoms with E-state index in [1.807, 2.05) is 79.7 Å². The number of amides is 1. The highest BCUT2D eigenvalue weighted by atomic mass is 19.1. The van der Waals surface area contributed by atoms with Crippen LogP contribution in [-0.2, 0) is 13.1 Å². The van der Waals surface area contributed by atoms with Crippen molar-refractivity contribution in [1.82, 2.24) is 24.8 Å². The predicted octanol–water partition coefficient (Wildman–Crippen LogP) is 6.94. The van der Waals surface area contributed by atoms with Crippen LogP contribution in [0.1, 0.15) is 34.5 Å². The molecule has 1 fully saturated rings. The first-order valence-electron chi connectivity index (χ1n) is 14.7. The molecule has 3 aromatic carbocycles. The summed E-state index contributed by atoms with van der Waals surface area (Å²) in [6.45, 7) is 7.52. The molecule has 2 aromatic heterocycles. The Morgan fingerprint density at radius 3 is 2.16 bits per heavy atom. The lowest BCUT2D eigenvalue weighted by molar-refractivity contribution is 0.102. The number of nitrogens with zero attached hydrogens (tertiary/aromatic N) is 5. The second-order valence-electron chi connectivity index (χ2n) is 11.0. The standard InChI is InChI=1S/C35H34FN7O.CH4/c1-25-4-13-31(21-33(25)41-35-38-16-14-32(40-35)29-3-2-15-37-22-29)39-34(44)28-9-5-26(6-10-28)23-42-17-19-43(20-18-42)24-27-7-11-30(36)12-8-27;/h2-16,21-22H,17-20,23-24H2,1H3,(H,39,44)(H,38,40,41);1H4. The van der Waals surface area contributed by atoms with Crippen LogP contribution in [0.2, 0.25) is 0 Å².